The van der Waals surface area contributed by atoms with Gasteiger partial charge >= 0.3 is 25.8 Å². The van der Waals surface area contributed by atoms with Crippen molar-refractivity contribution >= 4 is 36.7 Å². The first-order valence-corrected chi connectivity index (χ1v) is 17.0. The highest BCUT2D eigenvalue weighted by atomic mass is 31.2. The van der Waals surface area contributed by atoms with Crippen molar-refractivity contribution in [2.24, 2.45) is 5.92 Å². The lowest BCUT2D eigenvalue weighted by Gasteiger charge is -2.31. The summed E-state index contributed by atoms with van der Waals surface area (Å²) < 4.78 is 59.3. The largest absolute Gasteiger partial charge is 0.461 e. The summed E-state index contributed by atoms with van der Waals surface area (Å²) in [5.41, 5.74) is 4.15. The van der Waals surface area contributed by atoms with Crippen molar-refractivity contribution in [3.05, 3.63) is 42.7 Å². The summed E-state index contributed by atoms with van der Waals surface area (Å²) in [5.74, 6) is 0.800. The van der Waals surface area contributed by atoms with Crippen LogP contribution in [-0.2, 0) is 32.9 Å². The molecule has 1 aliphatic carbocycles. The number of nitrogens with one attached hydrogen (secondary N) is 1. The van der Waals surface area contributed by atoms with Gasteiger partial charge in [0.1, 0.15) is 36.8 Å². The van der Waals surface area contributed by atoms with E-state index >= 15 is 0 Å². The van der Waals surface area contributed by atoms with E-state index in [1.807, 2.05) is 0 Å². The van der Waals surface area contributed by atoms with Crippen molar-refractivity contribution in [1.29, 1.82) is 0 Å². The lowest BCUT2D eigenvalue weighted by atomic mass is 9.98. The number of nitrogens with zero attached hydrogens (tertiary/aromatic N) is 4. The minimum atomic E-state index is -4.40. The zero-order valence-corrected chi connectivity index (χ0v) is 27.2. The maximum absolute atomic E-state index is 14.3. The van der Waals surface area contributed by atoms with Crippen molar-refractivity contribution in [1.82, 2.24) is 24.6 Å². The van der Waals surface area contributed by atoms with Crippen molar-refractivity contribution in [2.45, 2.75) is 89.4 Å². The van der Waals surface area contributed by atoms with E-state index in [9.17, 15) is 18.5 Å². The van der Waals surface area contributed by atoms with Crippen LogP contribution in [0.2, 0.25) is 0 Å². The number of anilines is 1. The SMILES string of the molecule is C#C[C@]1(CO[P@@](=O)(N[C@@H](C)C(=O)OC2CCCCC2)Oc2ccccc2)O[C@@H](n2cnc3c(N)nc(F)nc32)C[C@@H]1OC(=O)C(C)C. The van der Waals surface area contributed by atoms with Gasteiger partial charge in [-0.15, -0.1) is 6.42 Å². The van der Waals surface area contributed by atoms with Gasteiger partial charge in [-0.05, 0) is 44.7 Å². The van der Waals surface area contributed by atoms with E-state index in [1.165, 1.54) is 17.8 Å². The fourth-order valence-electron chi connectivity index (χ4n) is 5.38. The molecule has 1 saturated heterocycles. The Bertz CT molecular complexity index is 1680. The van der Waals surface area contributed by atoms with E-state index in [1.54, 1.807) is 44.2 Å². The lowest BCUT2D eigenvalue weighted by molar-refractivity contribution is -0.162. The molecule has 0 spiro atoms. The van der Waals surface area contributed by atoms with Crippen LogP contribution < -0.4 is 15.3 Å². The molecule has 2 aliphatic rings. The van der Waals surface area contributed by atoms with Crippen LogP contribution in [0.25, 0.3) is 11.2 Å². The van der Waals surface area contributed by atoms with E-state index in [0.717, 1.165) is 32.1 Å². The molecule has 1 aromatic carbocycles. The van der Waals surface area contributed by atoms with Crippen LogP contribution >= 0.6 is 7.75 Å². The number of nitrogens with two attached hydrogens (primary N) is 1. The second kappa shape index (κ2) is 14.4. The molecule has 1 aliphatic heterocycles. The van der Waals surface area contributed by atoms with E-state index in [2.05, 4.69) is 26.0 Å². The minimum Gasteiger partial charge on any atom is -0.461 e. The standard InChI is InChI=1S/C31H38FN6O8P/c1-5-31(23(44-28(39)19(2)3)16-24(45-31)38-18-34-25-26(33)35-30(32)36-27(25)38)17-42-47(41,46-22-14-10-7-11-15-22)37-20(4)29(40)43-21-12-8-6-9-13-21/h1,7,10-11,14-15,18-21,23-24H,6,8-9,12-13,16-17H2,2-4H3,(H,37,41)(H2,33,35,36)/t20-,23-,24+,31+,47-/m0/s1. The molecule has 0 amide bonds. The molecule has 3 aromatic rings. The zero-order valence-electron chi connectivity index (χ0n) is 26.3. The fraction of sp³-hybridized carbons (Fsp3) is 0.516. The number of rotatable bonds is 12. The Labute approximate surface area is 271 Å². The average molecular weight is 673 g/mol. The maximum Gasteiger partial charge on any atom is 0.459 e. The highest BCUT2D eigenvalue weighted by Gasteiger charge is 2.53. The number of ether oxygens (including phenoxy) is 3. The Morgan fingerprint density at radius 3 is 2.57 bits per heavy atom. The Morgan fingerprint density at radius 1 is 1.17 bits per heavy atom. The Hall–Kier alpha value is -4.09. The van der Waals surface area contributed by atoms with Crippen LogP contribution in [0, 0.1) is 24.3 Å². The molecule has 0 unspecified atom stereocenters. The first-order valence-electron chi connectivity index (χ1n) is 15.4. The summed E-state index contributed by atoms with van der Waals surface area (Å²) in [6.45, 7) is 4.17. The van der Waals surface area contributed by atoms with Crippen molar-refractivity contribution < 1.29 is 41.8 Å². The fourth-order valence-corrected chi connectivity index (χ4v) is 6.90. The maximum atomic E-state index is 14.3. The summed E-state index contributed by atoms with van der Waals surface area (Å²) in [7, 11) is -4.40. The number of imidazole rings is 1. The second-order valence-electron chi connectivity index (χ2n) is 11.8. The number of halogens is 1. The van der Waals surface area contributed by atoms with E-state index in [-0.39, 0.29) is 35.3 Å². The average Bonchev–Trinajstić information content (AvgIpc) is 3.63. The summed E-state index contributed by atoms with van der Waals surface area (Å²) in [4.78, 5) is 37.3. The number of hydrogen-bond donors (Lipinski definition) is 2. The number of esters is 2. The van der Waals surface area contributed by atoms with Gasteiger partial charge in [-0.1, -0.05) is 44.4 Å². The number of benzene rings is 1. The third kappa shape index (κ3) is 7.90. The number of fused-ring (bicyclic) bond motifs is 1. The van der Waals surface area contributed by atoms with Crippen LogP contribution in [0.15, 0.2) is 36.7 Å². The van der Waals surface area contributed by atoms with Gasteiger partial charge in [0.05, 0.1) is 12.2 Å². The molecule has 14 nitrogen and oxygen atoms in total. The van der Waals surface area contributed by atoms with E-state index in [0.29, 0.717) is 0 Å². The second-order valence-corrected chi connectivity index (χ2v) is 13.5. The summed E-state index contributed by atoms with van der Waals surface area (Å²) in [6.07, 6.45) is 8.38. The molecule has 47 heavy (non-hydrogen) atoms. The van der Waals surface area contributed by atoms with Crippen LogP contribution in [0.5, 0.6) is 5.75 Å². The minimum absolute atomic E-state index is 0.0210. The van der Waals surface area contributed by atoms with Gasteiger partial charge < -0.3 is 24.5 Å². The highest BCUT2D eigenvalue weighted by molar-refractivity contribution is 7.52. The van der Waals surface area contributed by atoms with Crippen molar-refractivity contribution in [3.63, 3.8) is 0 Å². The first-order chi connectivity index (χ1) is 22.4. The molecule has 252 valence electrons. The number of para-hydroxylation sites is 1. The molecule has 0 bridgehead atoms. The molecular weight excluding hydrogens is 634 g/mol. The lowest BCUT2D eigenvalue weighted by Crippen LogP contribution is -2.46. The molecule has 3 N–H and O–H groups in total. The van der Waals surface area contributed by atoms with Gasteiger partial charge in [-0.3, -0.25) is 18.7 Å². The predicted octanol–water partition coefficient (Wildman–Crippen LogP) is 4.46. The number of terminal acetylenes is 1. The molecule has 2 fully saturated rings. The van der Waals surface area contributed by atoms with E-state index in [4.69, 9.17) is 35.4 Å². The quantitative estimate of drug-likeness (QED) is 0.119. The molecule has 2 aromatic heterocycles. The van der Waals surface area contributed by atoms with Crippen LogP contribution in [0.4, 0.5) is 10.2 Å². The molecule has 1 saturated carbocycles. The smallest absolute Gasteiger partial charge is 0.459 e. The Kier molecular flexibility index (Phi) is 10.5. The van der Waals surface area contributed by atoms with Gasteiger partial charge in [0.2, 0.25) is 0 Å². The van der Waals surface area contributed by atoms with Crippen molar-refractivity contribution in [2.75, 3.05) is 12.3 Å². The molecule has 16 heteroatoms. The predicted molar refractivity (Wildman–Crippen MR) is 167 cm³/mol. The number of nitrogen functional groups attached to an aromatic ring is 1. The third-order valence-electron chi connectivity index (χ3n) is 7.95. The Balaban J connectivity index is 1.42. The van der Waals surface area contributed by atoms with Crippen LogP contribution in [0.3, 0.4) is 0 Å². The van der Waals surface area contributed by atoms with Gasteiger partial charge in [-0.25, -0.2) is 9.55 Å². The first kappa shape index (κ1) is 34.3. The van der Waals surface area contributed by atoms with Gasteiger partial charge in [0.25, 0.3) is 0 Å². The monoisotopic (exact) mass is 672 g/mol. The third-order valence-corrected chi connectivity index (χ3v) is 9.57. The highest BCUT2D eigenvalue weighted by Crippen LogP contribution is 2.48. The topological polar surface area (TPSA) is 179 Å². The molecular formula is C31H38FN6O8P. The van der Waals surface area contributed by atoms with Gasteiger partial charge in [0, 0.05) is 6.42 Å². The summed E-state index contributed by atoms with van der Waals surface area (Å²) in [6, 6.07) is 7.11. The molecule has 0 radical (unpaired) electrons. The molecule has 3 heterocycles. The molecule has 5 rings (SSSR count). The van der Waals surface area contributed by atoms with E-state index < -0.39 is 62.3 Å². The summed E-state index contributed by atoms with van der Waals surface area (Å²) in [5, 5.41) is 2.66. The van der Waals surface area contributed by atoms with Gasteiger partial charge in [0.15, 0.2) is 22.6 Å². The normalized spacial score (nSPS) is 23.6. The number of aromatic nitrogens is 4. The zero-order chi connectivity index (χ0) is 33.8. The number of carbonyl (C=O) groups excluding carboxylic acids is 2. The van der Waals surface area contributed by atoms with Crippen LogP contribution in [0.1, 0.15) is 65.5 Å². The van der Waals surface area contributed by atoms with Gasteiger partial charge in [-0.2, -0.15) is 19.4 Å². The van der Waals surface area contributed by atoms with Crippen molar-refractivity contribution in [3.8, 4) is 18.1 Å². The number of carbonyl (C=O) groups is 2. The summed E-state index contributed by atoms with van der Waals surface area (Å²) >= 11 is 0. The Morgan fingerprint density at radius 2 is 1.89 bits per heavy atom. The number of hydrogen-bond acceptors (Lipinski definition) is 12. The van der Waals surface area contributed by atoms with Crippen LogP contribution in [-0.4, -0.2) is 61.9 Å². The molecule has 5 atom stereocenters.